The predicted molar refractivity (Wildman–Crippen MR) is 99.2 cm³/mol. The van der Waals surface area contributed by atoms with Crippen LogP contribution in [-0.2, 0) is 4.74 Å². The highest BCUT2D eigenvalue weighted by molar-refractivity contribution is 6.30. The van der Waals surface area contributed by atoms with Crippen molar-refractivity contribution in [3.05, 3.63) is 76.8 Å². The molecule has 0 N–H and O–H groups in total. The molecule has 0 unspecified atom stereocenters. The molecule has 0 saturated heterocycles. The molecule has 1 heterocycles. The minimum absolute atomic E-state index is 0.0357. The fourth-order valence-electron chi connectivity index (χ4n) is 2.62. The lowest BCUT2D eigenvalue weighted by Gasteiger charge is -2.09. The van der Waals surface area contributed by atoms with E-state index in [1.54, 1.807) is 24.3 Å². The molecule has 0 aliphatic carbocycles. The Morgan fingerprint density at radius 3 is 2.44 bits per heavy atom. The van der Waals surface area contributed by atoms with Crippen LogP contribution in [0.1, 0.15) is 31.1 Å². The van der Waals surface area contributed by atoms with E-state index in [0.29, 0.717) is 10.8 Å². The SMILES string of the molecule is C=CCN1C(=O)c2ccc(C(=O)OCCOc3ccc(Cl)cc3)cc2C1=O. The summed E-state index contributed by atoms with van der Waals surface area (Å²) < 4.78 is 10.6. The van der Waals surface area contributed by atoms with E-state index in [4.69, 9.17) is 21.1 Å². The monoisotopic (exact) mass is 385 g/mol. The second kappa shape index (κ2) is 8.05. The molecular formula is C20H16ClNO5. The standard InChI is InChI=1S/C20H16ClNO5/c1-2-9-22-18(23)16-8-3-13(12-17(16)19(22)24)20(25)27-11-10-26-15-6-4-14(21)5-7-15/h2-8,12H,1,9-11H2. The van der Waals surface area contributed by atoms with Crippen LogP contribution in [0.25, 0.3) is 0 Å². The molecule has 1 aliphatic rings. The van der Waals surface area contributed by atoms with E-state index in [0.717, 1.165) is 4.90 Å². The van der Waals surface area contributed by atoms with E-state index >= 15 is 0 Å². The number of halogens is 1. The average molecular weight is 386 g/mol. The predicted octanol–water partition coefficient (Wildman–Crippen LogP) is 3.36. The Kier molecular flexibility index (Phi) is 5.57. The van der Waals surface area contributed by atoms with E-state index in [2.05, 4.69) is 6.58 Å². The summed E-state index contributed by atoms with van der Waals surface area (Å²) in [4.78, 5) is 37.7. The van der Waals surface area contributed by atoms with Gasteiger partial charge in [-0.25, -0.2) is 4.79 Å². The molecule has 1 aliphatic heterocycles. The zero-order valence-electron chi connectivity index (χ0n) is 14.3. The summed E-state index contributed by atoms with van der Waals surface area (Å²) in [5, 5.41) is 0.602. The Bertz CT molecular complexity index is 907. The van der Waals surface area contributed by atoms with E-state index in [1.807, 2.05) is 0 Å². The van der Waals surface area contributed by atoms with Crippen molar-refractivity contribution in [3.8, 4) is 5.75 Å². The van der Waals surface area contributed by atoms with Crippen LogP contribution < -0.4 is 4.74 Å². The first kappa shape index (κ1) is 18.7. The number of ether oxygens (including phenoxy) is 2. The molecule has 27 heavy (non-hydrogen) atoms. The summed E-state index contributed by atoms with van der Waals surface area (Å²) in [6.07, 6.45) is 1.47. The van der Waals surface area contributed by atoms with Crippen molar-refractivity contribution in [3.63, 3.8) is 0 Å². The van der Waals surface area contributed by atoms with Crippen LogP contribution in [0.4, 0.5) is 0 Å². The minimum Gasteiger partial charge on any atom is -0.490 e. The number of hydrogen-bond acceptors (Lipinski definition) is 5. The quantitative estimate of drug-likeness (QED) is 0.316. The van der Waals surface area contributed by atoms with Gasteiger partial charge in [-0.3, -0.25) is 14.5 Å². The lowest BCUT2D eigenvalue weighted by atomic mass is 10.1. The number of esters is 1. The fraction of sp³-hybridized carbons (Fsp3) is 0.150. The van der Waals surface area contributed by atoms with Crippen LogP contribution in [0.3, 0.4) is 0 Å². The molecule has 0 aromatic heterocycles. The molecule has 0 spiro atoms. The van der Waals surface area contributed by atoms with E-state index in [-0.39, 0.29) is 36.4 Å². The van der Waals surface area contributed by atoms with Gasteiger partial charge in [-0.15, -0.1) is 6.58 Å². The molecule has 0 bridgehead atoms. The van der Waals surface area contributed by atoms with Crippen molar-refractivity contribution < 1.29 is 23.9 Å². The number of carbonyl (C=O) groups is 3. The van der Waals surface area contributed by atoms with Gasteiger partial charge in [0.15, 0.2) is 0 Å². The molecule has 3 rings (SSSR count). The molecule has 7 heteroatoms. The molecule has 6 nitrogen and oxygen atoms in total. The van der Waals surface area contributed by atoms with Gasteiger partial charge in [0, 0.05) is 11.6 Å². The second-order valence-corrected chi connectivity index (χ2v) is 6.14. The normalized spacial score (nSPS) is 12.7. The molecule has 0 atom stereocenters. The molecule has 2 amide bonds. The van der Waals surface area contributed by atoms with E-state index in [1.165, 1.54) is 24.3 Å². The van der Waals surface area contributed by atoms with Crippen molar-refractivity contribution in [1.29, 1.82) is 0 Å². The molecule has 138 valence electrons. The smallest absolute Gasteiger partial charge is 0.338 e. The maximum atomic E-state index is 12.3. The summed E-state index contributed by atoms with van der Waals surface area (Å²) in [5.74, 6) is -0.832. The molecule has 0 saturated carbocycles. The van der Waals surface area contributed by atoms with Gasteiger partial charge < -0.3 is 9.47 Å². The Labute approximate surface area is 160 Å². The number of benzene rings is 2. The number of rotatable bonds is 7. The van der Waals surface area contributed by atoms with Gasteiger partial charge in [0.1, 0.15) is 19.0 Å². The van der Waals surface area contributed by atoms with Gasteiger partial charge >= 0.3 is 5.97 Å². The number of carbonyl (C=O) groups excluding carboxylic acids is 3. The lowest BCUT2D eigenvalue weighted by Crippen LogP contribution is -2.29. The highest BCUT2D eigenvalue weighted by Crippen LogP contribution is 2.24. The Hall–Kier alpha value is -3.12. The number of hydrogen-bond donors (Lipinski definition) is 0. The Morgan fingerprint density at radius 1 is 1.04 bits per heavy atom. The van der Waals surface area contributed by atoms with Crippen molar-refractivity contribution in [1.82, 2.24) is 4.90 Å². The zero-order valence-corrected chi connectivity index (χ0v) is 15.1. The summed E-state index contributed by atoms with van der Waals surface area (Å²) >= 11 is 5.79. The molecule has 0 radical (unpaired) electrons. The highest BCUT2D eigenvalue weighted by Gasteiger charge is 2.35. The minimum atomic E-state index is -0.597. The average Bonchev–Trinajstić information content (AvgIpc) is 2.91. The van der Waals surface area contributed by atoms with E-state index in [9.17, 15) is 14.4 Å². The maximum Gasteiger partial charge on any atom is 0.338 e. The van der Waals surface area contributed by atoms with Gasteiger partial charge in [-0.1, -0.05) is 17.7 Å². The van der Waals surface area contributed by atoms with Crippen molar-refractivity contribution in [2.24, 2.45) is 0 Å². The number of amides is 2. The summed E-state index contributed by atoms with van der Waals surface area (Å²) in [6, 6.07) is 11.1. The van der Waals surface area contributed by atoms with Gasteiger partial charge in [-0.05, 0) is 42.5 Å². The summed E-state index contributed by atoms with van der Waals surface area (Å²) in [6.45, 7) is 3.86. The fourth-order valence-corrected chi connectivity index (χ4v) is 2.75. The van der Waals surface area contributed by atoms with Crippen molar-refractivity contribution in [2.75, 3.05) is 19.8 Å². The van der Waals surface area contributed by atoms with Crippen LogP contribution in [0, 0.1) is 0 Å². The van der Waals surface area contributed by atoms with Crippen molar-refractivity contribution in [2.45, 2.75) is 0 Å². The van der Waals surface area contributed by atoms with Crippen LogP contribution >= 0.6 is 11.6 Å². The summed E-state index contributed by atoms with van der Waals surface area (Å²) in [5.41, 5.74) is 0.653. The molecule has 2 aromatic carbocycles. The lowest BCUT2D eigenvalue weighted by molar-refractivity contribution is 0.0450. The van der Waals surface area contributed by atoms with Crippen LogP contribution in [0.15, 0.2) is 55.1 Å². The Balaban J connectivity index is 1.58. The topological polar surface area (TPSA) is 72.9 Å². The van der Waals surface area contributed by atoms with Crippen LogP contribution in [0.2, 0.25) is 5.02 Å². The largest absolute Gasteiger partial charge is 0.490 e. The molecule has 2 aromatic rings. The Morgan fingerprint density at radius 2 is 1.74 bits per heavy atom. The van der Waals surface area contributed by atoms with E-state index < -0.39 is 17.8 Å². The van der Waals surface area contributed by atoms with Crippen LogP contribution in [0.5, 0.6) is 5.75 Å². The first-order valence-electron chi connectivity index (χ1n) is 8.18. The molecular weight excluding hydrogens is 370 g/mol. The maximum absolute atomic E-state index is 12.3. The van der Waals surface area contributed by atoms with Gasteiger partial charge in [0.2, 0.25) is 0 Å². The van der Waals surface area contributed by atoms with Gasteiger partial charge in [0.05, 0.1) is 16.7 Å². The third-order valence-corrected chi connectivity index (χ3v) is 4.17. The van der Waals surface area contributed by atoms with Gasteiger partial charge in [0.25, 0.3) is 11.8 Å². The third kappa shape index (κ3) is 4.01. The highest BCUT2D eigenvalue weighted by atomic mass is 35.5. The van der Waals surface area contributed by atoms with Crippen LogP contribution in [-0.4, -0.2) is 42.4 Å². The summed E-state index contributed by atoms with van der Waals surface area (Å²) in [7, 11) is 0. The number of nitrogens with zero attached hydrogens (tertiary/aromatic N) is 1. The number of imide groups is 1. The zero-order chi connectivity index (χ0) is 19.4. The third-order valence-electron chi connectivity index (χ3n) is 3.92. The van der Waals surface area contributed by atoms with Crippen molar-refractivity contribution >= 4 is 29.4 Å². The second-order valence-electron chi connectivity index (χ2n) is 5.71. The first-order valence-corrected chi connectivity index (χ1v) is 8.55. The molecule has 0 fully saturated rings. The van der Waals surface area contributed by atoms with Gasteiger partial charge in [-0.2, -0.15) is 0 Å². The number of fused-ring (bicyclic) bond motifs is 1. The first-order chi connectivity index (χ1) is 13.0.